The Morgan fingerprint density at radius 2 is 2.05 bits per heavy atom. The molecule has 0 radical (unpaired) electrons. The van der Waals surface area contributed by atoms with Crippen molar-refractivity contribution in [3.05, 3.63) is 35.4 Å². The van der Waals surface area contributed by atoms with Crippen LogP contribution in [0.25, 0.3) is 0 Å². The highest BCUT2D eigenvalue weighted by atomic mass is 32.2. The molecule has 0 aromatic heterocycles. The van der Waals surface area contributed by atoms with Crippen LogP contribution in [0.1, 0.15) is 24.9 Å². The Labute approximate surface area is 121 Å². The van der Waals surface area contributed by atoms with Gasteiger partial charge in [0.25, 0.3) is 10.2 Å². The highest BCUT2D eigenvalue weighted by molar-refractivity contribution is 7.87. The first-order valence-electron chi connectivity index (χ1n) is 6.04. The van der Waals surface area contributed by atoms with Crippen LogP contribution in [0.2, 0.25) is 0 Å². The highest BCUT2D eigenvalue weighted by Crippen LogP contribution is 2.18. The first-order valence-corrected chi connectivity index (χ1v) is 7.48. The highest BCUT2D eigenvalue weighted by Gasteiger charge is 2.23. The fourth-order valence-corrected chi connectivity index (χ4v) is 2.69. The Balaban J connectivity index is 2.80. The first kappa shape index (κ1) is 17.5. The van der Waals surface area contributed by atoms with Crippen LogP contribution in [-0.4, -0.2) is 37.4 Å². The van der Waals surface area contributed by atoms with E-state index in [0.717, 1.165) is 16.4 Å². The molecule has 0 spiro atoms. The van der Waals surface area contributed by atoms with Crippen molar-refractivity contribution in [2.24, 2.45) is 0 Å². The van der Waals surface area contributed by atoms with Gasteiger partial charge in [-0.2, -0.15) is 17.4 Å². The van der Waals surface area contributed by atoms with Crippen LogP contribution in [0.5, 0.6) is 0 Å². The van der Waals surface area contributed by atoms with Crippen molar-refractivity contribution >= 4 is 16.2 Å². The summed E-state index contributed by atoms with van der Waals surface area (Å²) in [5.41, 5.74) is -0.00777. The van der Waals surface area contributed by atoms with E-state index in [9.17, 15) is 22.0 Å². The molecule has 21 heavy (non-hydrogen) atoms. The van der Waals surface area contributed by atoms with Crippen molar-refractivity contribution in [3.63, 3.8) is 0 Å². The van der Waals surface area contributed by atoms with Gasteiger partial charge in [0.05, 0.1) is 6.42 Å². The molecule has 0 fully saturated rings. The van der Waals surface area contributed by atoms with Crippen LogP contribution in [-0.2, 0) is 15.0 Å². The SMILES string of the molecule is CC(NS(=O)(=O)N(C)CCC(=O)O)c1ccc(F)cc1F. The van der Waals surface area contributed by atoms with Gasteiger partial charge in [-0.1, -0.05) is 6.07 Å². The van der Waals surface area contributed by atoms with Gasteiger partial charge >= 0.3 is 5.97 Å². The average Bonchev–Trinajstić information content (AvgIpc) is 2.34. The van der Waals surface area contributed by atoms with Crippen molar-refractivity contribution < 1.29 is 27.1 Å². The molecule has 1 aromatic carbocycles. The Morgan fingerprint density at radius 1 is 1.43 bits per heavy atom. The van der Waals surface area contributed by atoms with Crippen LogP contribution >= 0.6 is 0 Å². The molecule has 118 valence electrons. The molecule has 1 atom stereocenters. The third kappa shape index (κ3) is 5.03. The Morgan fingerprint density at radius 3 is 2.57 bits per heavy atom. The number of hydrogen-bond acceptors (Lipinski definition) is 3. The lowest BCUT2D eigenvalue weighted by molar-refractivity contribution is -0.137. The molecule has 6 nitrogen and oxygen atoms in total. The van der Waals surface area contributed by atoms with Crippen LogP contribution in [0.3, 0.4) is 0 Å². The molecule has 0 saturated carbocycles. The standard InChI is InChI=1S/C12H16F2N2O4S/c1-8(10-4-3-9(13)7-11(10)14)15-21(19,20)16(2)6-5-12(17)18/h3-4,7-8,15H,5-6H2,1-2H3,(H,17,18). The summed E-state index contributed by atoms with van der Waals surface area (Å²) < 4.78 is 53.3. The largest absolute Gasteiger partial charge is 0.481 e. The van der Waals surface area contributed by atoms with Gasteiger partial charge in [0.2, 0.25) is 0 Å². The maximum Gasteiger partial charge on any atom is 0.304 e. The number of nitrogens with zero attached hydrogens (tertiary/aromatic N) is 1. The third-order valence-electron chi connectivity index (χ3n) is 2.81. The monoisotopic (exact) mass is 322 g/mol. The van der Waals surface area contributed by atoms with E-state index < -0.39 is 33.9 Å². The lowest BCUT2D eigenvalue weighted by Crippen LogP contribution is -2.40. The van der Waals surface area contributed by atoms with Crippen molar-refractivity contribution in [2.45, 2.75) is 19.4 Å². The molecule has 0 amide bonds. The molecule has 0 heterocycles. The Hall–Kier alpha value is -1.58. The molecule has 0 saturated heterocycles. The topological polar surface area (TPSA) is 86.7 Å². The van der Waals surface area contributed by atoms with E-state index in [-0.39, 0.29) is 18.5 Å². The van der Waals surface area contributed by atoms with Gasteiger partial charge in [-0.15, -0.1) is 0 Å². The van der Waals surface area contributed by atoms with E-state index in [4.69, 9.17) is 5.11 Å². The summed E-state index contributed by atoms with van der Waals surface area (Å²) in [4.78, 5) is 10.4. The average molecular weight is 322 g/mol. The first-order chi connectivity index (χ1) is 9.63. The van der Waals surface area contributed by atoms with E-state index in [1.165, 1.54) is 14.0 Å². The fraction of sp³-hybridized carbons (Fsp3) is 0.417. The molecule has 2 N–H and O–H groups in total. The van der Waals surface area contributed by atoms with E-state index in [2.05, 4.69) is 4.72 Å². The summed E-state index contributed by atoms with van der Waals surface area (Å²) in [5, 5.41) is 8.52. The van der Waals surface area contributed by atoms with Crippen LogP contribution in [0, 0.1) is 11.6 Å². The molecule has 0 aliphatic heterocycles. The van der Waals surface area contributed by atoms with Gasteiger partial charge in [-0.3, -0.25) is 4.79 Å². The summed E-state index contributed by atoms with van der Waals surface area (Å²) in [6, 6.07) is 1.91. The maximum absolute atomic E-state index is 13.6. The number of carbonyl (C=O) groups is 1. The Bertz CT molecular complexity index is 622. The number of carboxylic acids is 1. The molecule has 0 bridgehead atoms. The lowest BCUT2D eigenvalue weighted by Gasteiger charge is -2.21. The molecular formula is C12H16F2N2O4S. The minimum Gasteiger partial charge on any atom is -0.481 e. The quantitative estimate of drug-likeness (QED) is 0.791. The molecule has 1 unspecified atom stereocenters. The minimum atomic E-state index is -3.97. The smallest absolute Gasteiger partial charge is 0.304 e. The number of rotatable bonds is 7. The van der Waals surface area contributed by atoms with Crippen LogP contribution in [0.4, 0.5) is 8.78 Å². The van der Waals surface area contributed by atoms with Gasteiger partial charge in [0.1, 0.15) is 11.6 Å². The molecule has 0 aliphatic rings. The van der Waals surface area contributed by atoms with Gasteiger partial charge in [0.15, 0.2) is 0 Å². The van der Waals surface area contributed by atoms with Crippen molar-refractivity contribution in [3.8, 4) is 0 Å². The van der Waals surface area contributed by atoms with E-state index >= 15 is 0 Å². The fourth-order valence-electron chi connectivity index (χ4n) is 1.60. The number of benzene rings is 1. The van der Waals surface area contributed by atoms with Crippen molar-refractivity contribution in [1.82, 2.24) is 9.03 Å². The normalized spacial score (nSPS) is 13.4. The lowest BCUT2D eigenvalue weighted by atomic mass is 10.1. The van der Waals surface area contributed by atoms with Gasteiger partial charge in [-0.25, -0.2) is 8.78 Å². The van der Waals surface area contributed by atoms with Gasteiger partial charge in [-0.05, 0) is 13.0 Å². The summed E-state index contributed by atoms with van der Waals surface area (Å²) in [6.45, 7) is 1.18. The van der Waals surface area contributed by atoms with Crippen molar-refractivity contribution in [1.29, 1.82) is 0 Å². The van der Waals surface area contributed by atoms with E-state index in [1.54, 1.807) is 0 Å². The number of carboxylic acid groups (broad SMARTS) is 1. The zero-order chi connectivity index (χ0) is 16.2. The number of halogens is 2. The van der Waals surface area contributed by atoms with E-state index in [1.807, 2.05) is 0 Å². The number of aliphatic carboxylic acids is 1. The van der Waals surface area contributed by atoms with E-state index in [0.29, 0.717) is 6.07 Å². The summed E-state index contributed by atoms with van der Waals surface area (Å²) in [5.74, 6) is -2.75. The Kier molecular flexibility index (Phi) is 5.76. The molecule has 1 rings (SSSR count). The zero-order valence-electron chi connectivity index (χ0n) is 11.5. The predicted octanol–water partition coefficient (Wildman–Crippen LogP) is 1.27. The number of hydrogen-bond donors (Lipinski definition) is 2. The van der Waals surface area contributed by atoms with Gasteiger partial charge in [0, 0.05) is 31.3 Å². The third-order valence-corrected chi connectivity index (χ3v) is 4.46. The second kappa shape index (κ2) is 6.92. The summed E-state index contributed by atoms with van der Waals surface area (Å²) >= 11 is 0. The van der Waals surface area contributed by atoms with Crippen LogP contribution in [0.15, 0.2) is 18.2 Å². The second-order valence-electron chi connectivity index (χ2n) is 4.48. The zero-order valence-corrected chi connectivity index (χ0v) is 12.3. The molecule has 1 aromatic rings. The summed E-state index contributed by atoms with van der Waals surface area (Å²) in [6.07, 6.45) is -0.350. The van der Waals surface area contributed by atoms with Gasteiger partial charge < -0.3 is 5.11 Å². The predicted molar refractivity (Wildman–Crippen MR) is 71.7 cm³/mol. The van der Waals surface area contributed by atoms with Crippen LogP contribution < -0.4 is 4.72 Å². The molecular weight excluding hydrogens is 306 g/mol. The molecule has 0 aliphatic carbocycles. The second-order valence-corrected chi connectivity index (χ2v) is 6.28. The maximum atomic E-state index is 13.6. The molecule has 9 heteroatoms. The number of nitrogens with one attached hydrogen (secondary N) is 1. The van der Waals surface area contributed by atoms with Crippen molar-refractivity contribution in [2.75, 3.05) is 13.6 Å². The minimum absolute atomic E-state index is 0.00777. The summed E-state index contributed by atoms with van der Waals surface area (Å²) in [7, 11) is -2.76.